The standard InChI is InChI=1S/C17H19ClN2O/c1-12-6-3-4-9-16(12)13(2)19-11-17(21)20-15-8-5-7-14(18)10-15/h3-10,13,19H,11H2,1-2H3,(H,20,21)/t13-/m1/s1. The van der Waals surface area contributed by atoms with Gasteiger partial charge < -0.3 is 10.6 Å². The van der Waals surface area contributed by atoms with Crippen molar-refractivity contribution < 1.29 is 4.79 Å². The van der Waals surface area contributed by atoms with Crippen molar-refractivity contribution in [2.24, 2.45) is 0 Å². The first kappa shape index (κ1) is 15.5. The number of halogens is 1. The zero-order chi connectivity index (χ0) is 15.2. The van der Waals surface area contributed by atoms with Gasteiger partial charge in [0.05, 0.1) is 6.54 Å². The molecule has 21 heavy (non-hydrogen) atoms. The summed E-state index contributed by atoms with van der Waals surface area (Å²) < 4.78 is 0. The van der Waals surface area contributed by atoms with Crippen molar-refractivity contribution in [2.45, 2.75) is 19.9 Å². The third kappa shape index (κ3) is 4.59. The Morgan fingerprint density at radius 2 is 1.95 bits per heavy atom. The van der Waals surface area contributed by atoms with Crippen molar-refractivity contribution in [1.82, 2.24) is 5.32 Å². The Kier molecular flexibility index (Phi) is 5.37. The molecule has 0 spiro atoms. The minimum absolute atomic E-state index is 0.0855. The summed E-state index contributed by atoms with van der Waals surface area (Å²) in [5.74, 6) is -0.0855. The smallest absolute Gasteiger partial charge is 0.238 e. The molecule has 110 valence electrons. The molecule has 1 atom stereocenters. The third-order valence-electron chi connectivity index (χ3n) is 3.33. The predicted molar refractivity (Wildman–Crippen MR) is 87.7 cm³/mol. The topological polar surface area (TPSA) is 41.1 Å². The average molecular weight is 303 g/mol. The van der Waals surface area contributed by atoms with Gasteiger partial charge in [0.1, 0.15) is 0 Å². The van der Waals surface area contributed by atoms with Crippen LogP contribution in [0.4, 0.5) is 5.69 Å². The number of anilines is 1. The molecular formula is C17H19ClN2O. The fraction of sp³-hybridized carbons (Fsp3) is 0.235. The highest BCUT2D eigenvalue weighted by molar-refractivity contribution is 6.30. The van der Waals surface area contributed by atoms with Crippen LogP contribution in [0.3, 0.4) is 0 Å². The Morgan fingerprint density at radius 1 is 1.19 bits per heavy atom. The molecular weight excluding hydrogens is 284 g/mol. The van der Waals surface area contributed by atoms with Gasteiger partial charge in [0.2, 0.25) is 5.91 Å². The van der Waals surface area contributed by atoms with Gasteiger partial charge in [-0.2, -0.15) is 0 Å². The SMILES string of the molecule is Cc1ccccc1[C@@H](C)NCC(=O)Nc1cccc(Cl)c1. The first-order valence-corrected chi connectivity index (χ1v) is 7.28. The zero-order valence-electron chi connectivity index (χ0n) is 12.2. The quantitative estimate of drug-likeness (QED) is 0.878. The van der Waals surface area contributed by atoms with Gasteiger partial charge in [0.15, 0.2) is 0 Å². The lowest BCUT2D eigenvalue weighted by Crippen LogP contribution is -2.30. The molecule has 0 saturated carbocycles. The largest absolute Gasteiger partial charge is 0.325 e. The Labute approximate surface area is 130 Å². The highest BCUT2D eigenvalue weighted by atomic mass is 35.5. The predicted octanol–water partition coefficient (Wildman–Crippen LogP) is 3.94. The third-order valence-corrected chi connectivity index (χ3v) is 3.57. The Bertz CT molecular complexity index is 628. The van der Waals surface area contributed by atoms with E-state index in [9.17, 15) is 4.79 Å². The minimum Gasteiger partial charge on any atom is -0.325 e. The van der Waals surface area contributed by atoms with E-state index in [1.54, 1.807) is 18.2 Å². The molecule has 0 aliphatic heterocycles. The number of carbonyl (C=O) groups excluding carboxylic acids is 1. The van der Waals surface area contributed by atoms with Gasteiger partial charge in [-0.3, -0.25) is 4.79 Å². The maximum atomic E-state index is 11.9. The van der Waals surface area contributed by atoms with Crippen LogP contribution in [0.25, 0.3) is 0 Å². The van der Waals surface area contributed by atoms with Crippen LogP contribution in [0.15, 0.2) is 48.5 Å². The molecule has 0 heterocycles. The van der Waals surface area contributed by atoms with Crippen LogP contribution in [0, 0.1) is 6.92 Å². The summed E-state index contributed by atoms with van der Waals surface area (Å²) in [7, 11) is 0. The monoisotopic (exact) mass is 302 g/mol. The summed E-state index contributed by atoms with van der Waals surface area (Å²) in [6, 6.07) is 15.4. The van der Waals surface area contributed by atoms with Gasteiger partial charge in [-0.15, -0.1) is 0 Å². The first-order chi connectivity index (χ1) is 10.1. The maximum absolute atomic E-state index is 11.9. The van der Waals surface area contributed by atoms with E-state index in [2.05, 4.69) is 36.6 Å². The molecule has 0 aromatic heterocycles. The van der Waals surface area contributed by atoms with Crippen molar-refractivity contribution in [3.05, 3.63) is 64.7 Å². The van der Waals surface area contributed by atoms with Gasteiger partial charge in [0.25, 0.3) is 0 Å². The van der Waals surface area contributed by atoms with E-state index in [1.807, 2.05) is 18.2 Å². The molecule has 0 radical (unpaired) electrons. The van der Waals surface area contributed by atoms with E-state index in [0.29, 0.717) is 10.7 Å². The molecule has 1 amide bonds. The molecule has 2 aromatic carbocycles. The lowest BCUT2D eigenvalue weighted by molar-refractivity contribution is -0.115. The van der Waals surface area contributed by atoms with E-state index in [4.69, 9.17) is 11.6 Å². The molecule has 0 aliphatic rings. The van der Waals surface area contributed by atoms with E-state index in [1.165, 1.54) is 11.1 Å². The molecule has 0 unspecified atom stereocenters. The van der Waals surface area contributed by atoms with Crippen molar-refractivity contribution >= 4 is 23.2 Å². The molecule has 4 heteroatoms. The lowest BCUT2D eigenvalue weighted by Gasteiger charge is -2.16. The van der Waals surface area contributed by atoms with Crippen LogP contribution in [-0.4, -0.2) is 12.5 Å². The highest BCUT2D eigenvalue weighted by Gasteiger charge is 2.09. The van der Waals surface area contributed by atoms with Crippen LogP contribution in [0.1, 0.15) is 24.1 Å². The van der Waals surface area contributed by atoms with Crippen LogP contribution in [0.2, 0.25) is 5.02 Å². The first-order valence-electron chi connectivity index (χ1n) is 6.90. The number of hydrogen-bond acceptors (Lipinski definition) is 2. The van der Waals surface area contributed by atoms with E-state index >= 15 is 0 Å². The van der Waals surface area contributed by atoms with Gasteiger partial charge in [0, 0.05) is 16.8 Å². The van der Waals surface area contributed by atoms with Gasteiger partial charge in [-0.1, -0.05) is 41.9 Å². The number of carbonyl (C=O) groups is 1. The fourth-order valence-corrected chi connectivity index (χ4v) is 2.39. The highest BCUT2D eigenvalue weighted by Crippen LogP contribution is 2.17. The van der Waals surface area contributed by atoms with E-state index in [-0.39, 0.29) is 18.5 Å². The molecule has 0 saturated heterocycles. The maximum Gasteiger partial charge on any atom is 0.238 e. The summed E-state index contributed by atoms with van der Waals surface area (Å²) in [6.07, 6.45) is 0. The Morgan fingerprint density at radius 3 is 2.67 bits per heavy atom. The van der Waals surface area contributed by atoms with Crippen LogP contribution >= 0.6 is 11.6 Å². The van der Waals surface area contributed by atoms with Crippen molar-refractivity contribution in [2.75, 3.05) is 11.9 Å². The molecule has 2 aromatic rings. The lowest BCUT2D eigenvalue weighted by atomic mass is 10.0. The van der Waals surface area contributed by atoms with E-state index in [0.717, 1.165) is 0 Å². The second-order valence-corrected chi connectivity index (χ2v) is 5.45. The zero-order valence-corrected chi connectivity index (χ0v) is 12.9. The number of benzene rings is 2. The molecule has 0 fully saturated rings. The minimum atomic E-state index is -0.0855. The van der Waals surface area contributed by atoms with Crippen molar-refractivity contribution in [3.8, 4) is 0 Å². The van der Waals surface area contributed by atoms with E-state index < -0.39 is 0 Å². The molecule has 2 N–H and O–H groups in total. The number of hydrogen-bond donors (Lipinski definition) is 2. The number of rotatable bonds is 5. The Hall–Kier alpha value is -1.84. The molecule has 3 nitrogen and oxygen atoms in total. The summed E-state index contributed by atoms with van der Waals surface area (Å²) in [5, 5.41) is 6.65. The number of aryl methyl sites for hydroxylation is 1. The van der Waals surface area contributed by atoms with Gasteiger partial charge in [-0.05, 0) is 43.2 Å². The molecule has 2 rings (SSSR count). The number of amides is 1. The summed E-state index contributed by atoms with van der Waals surface area (Å²) in [6.45, 7) is 4.37. The fourth-order valence-electron chi connectivity index (χ4n) is 2.20. The second kappa shape index (κ2) is 7.25. The molecule has 0 bridgehead atoms. The van der Waals surface area contributed by atoms with Crippen LogP contribution in [-0.2, 0) is 4.79 Å². The number of nitrogens with one attached hydrogen (secondary N) is 2. The average Bonchev–Trinajstić information content (AvgIpc) is 2.45. The molecule has 0 aliphatic carbocycles. The van der Waals surface area contributed by atoms with Gasteiger partial charge >= 0.3 is 0 Å². The second-order valence-electron chi connectivity index (χ2n) is 5.02. The van der Waals surface area contributed by atoms with Crippen molar-refractivity contribution in [3.63, 3.8) is 0 Å². The summed E-state index contributed by atoms with van der Waals surface area (Å²) in [4.78, 5) is 11.9. The van der Waals surface area contributed by atoms with Gasteiger partial charge in [-0.25, -0.2) is 0 Å². The summed E-state index contributed by atoms with van der Waals surface area (Å²) >= 11 is 5.89. The van der Waals surface area contributed by atoms with Crippen LogP contribution < -0.4 is 10.6 Å². The van der Waals surface area contributed by atoms with Crippen LogP contribution in [0.5, 0.6) is 0 Å². The summed E-state index contributed by atoms with van der Waals surface area (Å²) in [5.41, 5.74) is 3.12. The normalized spacial score (nSPS) is 12.0. The van der Waals surface area contributed by atoms with Crippen molar-refractivity contribution in [1.29, 1.82) is 0 Å². The Balaban J connectivity index is 1.88.